The van der Waals surface area contributed by atoms with Gasteiger partial charge >= 0.3 is 0 Å². The number of hydrogen-bond donors (Lipinski definition) is 0. The van der Waals surface area contributed by atoms with Crippen molar-refractivity contribution in [3.8, 4) is 61.8 Å². The Morgan fingerprint density at radius 2 is 0.869 bits per heavy atom. The second-order valence-corrected chi connectivity index (χ2v) is 15.8. The first-order chi connectivity index (χ1) is 30.2. The number of fused-ring (bicyclic) bond motifs is 7. The molecule has 0 radical (unpaired) electrons. The van der Waals surface area contributed by atoms with Crippen molar-refractivity contribution in [3.63, 3.8) is 0 Å². The summed E-state index contributed by atoms with van der Waals surface area (Å²) in [5.74, 6) is 0.689. The smallest absolute Gasteiger partial charge is 0.160 e. The molecule has 0 atom stereocenters. The minimum Gasteiger partial charge on any atom is -0.309 e. The van der Waals surface area contributed by atoms with Crippen molar-refractivity contribution in [1.29, 1.82) is 0 Å². The molecule has 61 heavy (non-hydrogen) atoms. The lowest BCUT2D eigenvalue weighted by molar-refractivity contribution is 1.16. The SMILES string of the molecule is c1ccc(-c2ccc3c4ccccc4n(-c4cc(-c5cc(-c6ccc7ccccc7c6)nc(-c6ccccc6)n5)cc(-c5cc6ccccc6c6ccccc56)c4)c3c2)cc1. The predicted molar refractivity (Wildman–Crippen MR) is 256 cm³/mol. The van der Waals surface area contributed by atoms with E-state index in [0.29, 0.717) is 5.82 Å². The van der Waals surface area contributed by atoms with Crippen LogP contribution in [0.3, 0.4) is 0 Å². The molecule has 3 nitrogen and oxygen atoms in total. The third kappa shape index (κ3) is 6.06. The first kappa shape index (κ1) is 34.9. The van der Waals surface area contributed by atoms with Crippen molar-refractivity contribution < 1.29 is 0 Å². The lowest BCUT2D eigenvalue weighted by atomic mass is 9.91. The van der Waals surface area contributed by atoms with Crippen molar-refractivity contribution in [1.82, 2.24) is 14.5 Å². The van der Waals surface area contributed by atoms with Gasteiger partial charge in [0.2, 0.25) is 0 Å². The molecule has 0 saturated heterocycles. The highest BCUT2D eigenvalue weighted by Crippen LogP contribution is 2.41. The largest absolute Gasteiger partial charge is 0.309 e. The minimum atomic E-state index is 0.689. The molecule has 0 spiro atoms. The van der Waals surface area contributed by atoms with Crippen molar-refractivity contribution >= 4 is 54.1 Å². The molecule has 12 aromatic rings. The standard InChI is InChI=1S/C58H37N3/c1-3-15-38(16-4-1)42-29-30-52-51-25-13-14-26-56(51)61(57(52)36-42)47-33-45(53-35-43-21-9-10-22-48(43)49-23-11-12-24-50(49)53)32-46(34-47)55-37-54(59-58(60-55)40-18-5-2-6-19-40)44-28-27-39-17-7-8-20-41(39)31-44/h1-37H. The maximum absolute atomic E-state index is 5.39. The molecule has 2 heterocycles. The fraction of sp³-hybridized carbons (Fsp3) is 0. The van der Waals surface area contributed by atoms with Crippen LogP contribution in [0.2, 0.25) is 0 Å². The molecule has 0 N–H and O–H groups in total. The zero-order chi connectivity index (χ0) is 40.3. The normalized spacial score (nSPS) is 11.6. The van der Waals surface area contributed by atoms with Crippen LogP contribution < -0.4 is 0 Å². The van der Waals surface area contributed by atoms with Gasteiger partial charge in [0.25, 0.3) is 0 Å². The maximum Gasteiger partial charge on any atom is 0.160 e. The van der Waals surface area contributed by atoms with Gasteiger partial charge in [0.05, 0.1) is 22.4 Å². The van der Waals surface area contributed by atoms with E-state index in [-0.39, 0.29) is 0 Å². The Labute approximate surface area is 353 Å². The van der Waals surface area contributed by atoms with Gasteiger partial charge in [-0.2, -0.15) is 0 Å². The molecule has 2 aromatic heterocycles. The van der Waals surface area contributed by atoms with Crippen LogP contribution in [0, 0.1) is 0 Å². The van der Waals surface area contributed by atoms with Gasteiger partial charge in [0.15, 0.2) is 5.82 Å². The second kappa shape index (κ2) is 14.3. The summed E-state index contributed by atoms with van der Waals surface area (Å²) < 4.78 is 2.44. The van der Waals surface area contributed by atoms with Crippen LogP contribution in [0.1, 0.15) is 0 Å². The number of benzene rings is 10. The van der Waals surface area contributed by atoms with E-state index in [9.17, 15) is 0 Å². The van der Waals surface area contributed by atoms with E-state index < -0.39 is 0 Å². The Morgan fingerprint density at radius 1 is 0.279 bits per heavy atom. The molecule has 0 unspecified atom stereocenters. The highest BCUT2D eigenvalue weighted by Gasteiger charge is 2.19. The Morgan fingerprint density at radius 3 is 1.67 bits per heavy atom. The zero-order valence-corrected chi connectivity index (χ0v) is 33.2. The molecule has 3 heteroatoms. The Balaban J connectivity index is 1.17. The van der Waals surface area contributed by atoms with Gasteiger partial charge < -0.3 is 4.57 Å². The number of hydrogen-bond acceptors (Lipinski definition) is 2. The first-order valence-corrected chi connectivity index (χ1v) is 20.8. The molecular weight excluding hydrogens is 739 g/mol. The summed E-state index contributed by atoms with van der Waals surface area (Å²) in [5, 5.41) is 9.70. The lowest BCUT2D eigenvalue weighted by Crippen LogP contribution is -1.99. The monoisotopic (exact) mass is 775 g/mol. The van der Waals surface area contributed by atoms with E-state index in [2.05, 4.69) is 223 Å². The van der Waals surface area contributed by atoms with Gasteiger partial charge in [-0.3, -0.25) is 0 Å². The fourth-order valence-corrected chi connectivity index (χ4v) is 9.20. The average Bonchev–Trinajstić information content (AvgIpc) is 3.67. The summed E-state index contributed by atoms with van der Waals surface area (Å²) >= 11 is 0. The van der Waals surface area contributed by atoms with Gasteiger partial charge in [0.1, 0.15) is 0 Å². The summed E-state index contributed by atoms with van der Waals surface area (Å²) in [6.45, 7) is 0. The quantitative estimate of drug-likeness (QED) is 0.158. The van der Waals surface area contributed by atoms with Gasteiger partial charge in [-0.25, -0.2) is 9.97 Å². The third-order valence-electron chi connectivity index (χ3n) is 12.1. The Hall–Kier alpha value is -8.14. The number of para-hydroxylation sites is 1. The Kier molecular flexibility index (Phi) is 8.17. The van der Waals surface area contributed by atoms with E-state index in [1.807, 2.05) is 6.07 Å². The van der Waals surface area contributed by atoms with E-state index in [4.69, 9.17) is 9.97 Å². The summed E-state index contributed by atoms with van der Waals surface area (Å²) in [7, 11) is 0. The van der Waals surface area contributed by atoms with Crippen LogP contribution in [0.25, 0.3) is 116 Å². The van der Waals surface area contributed by atoms with Crippen molar-refractivity contribution in [2.24, 2.45) is 0 Å². The lowest BCUT2D eigenvalue weighted by Gasteiger charge is -2.17. The molecule has 284 valence electrons. The van der Waals surface area contributed by atoms with Crippen molar-refractivity contribution in [2.45, 2.75) is 0 Å². The summed E-state index contributed by atoms with van der Waals surface area (Å²) in [4.78, 5) is 10.6. The second-order valence-electron chi connectivity index (χ2n) is 15.8. The van der Waals surface area contributed by atoms with Crippen LogP contribution in [0.5, 0.6) is 0 Å². The third-order valence-corrected chi connectivity index (χ3v) is 12.1. The van der Waals surface area contributed by atoms with Crippen molar-refractivity contribution in [2.75, 3.05) is 0 Å². The molecule has 10 aromatic carbocycles. The van der Waals surface area contributed by atoms with E-state index in [0.717, 1.165) is 50.4 Å². The van der Waals surface area contributed by atoms with Crippen LogP contribution in [-0.2, 0) is 0 Å². The van der Waals surface area contributed by atoms with Gasteiger partial charge in [0, 0.05) is 33.2 Å². The van der Waals surface area contributed by atoms with E-state index in [1.54, 1.807) is 0 Å². The number of rotatable bonds is 6. The van der Waals surface area contributed by atoms with Gasteiger partial charge in [-0.05, 0) is 103 Å². The van der Waals surface area contributed by atoms with Gasteiger partial charge in [-0.15, -0.1) is 0 Å². The molecule has 0 bridgehead atoms. The van der Waals surface area contributed by atoms with Crippen LogP contribution in [0.15, 0.2) is 224 Å². The molecule has 12 rings (SSSR count). The predicted octanol–water partition coefficient (Wildman–Crippen LogP) is 15.4. The molecule has 0 saturated carbocycles. The summed E-state index contributed by atoms with van der Waals surface area (Å²) in [5.41, 5.74) is 12.8. The summed E-state index contributed by atoms with van der Waals surface area (Å²) in [6, 6.07) is 80.7. The Bertz CT molecular complexity index is 3640. The van der Waals surface area contributed by atoms with Crippen molar-refractivity contribution in [3.05, 3.63) is 224 Å². The minimum absolute atomic E-state index is 0.689. The molecule has 0 aliphatic heterocycles. The highest BCUT2D eigenvalue weighted by atomic mass is 15.0. The van der Waals surface area contributed by atoms with Gasteiger partial charge in [-0.1, -0.05) is 176 Å². The molecular formula is C58H37N3. The fourth-order valence-electron chi connectivity index (χ4n) is 9.20. The molecule has 0 aliphatic rings. The highest BCUT2D eigenvalue weighted by molar-refractivity contribution is 6.14. The number of nitrogens with zero attached hydrogens (tertiary/aromatic N) is 3. The topological polar surface area (TPSA) is 30.7 Å². The number of aromatic nitrogens is 3. The molecule has 0 fully saturated rings. The average molecular weight is 776 g/mol. The van der Waals surface area contributed by atoms with Crippen LogP contribution in [0.4, 0.5) is 0 Å². The van der Waals surface area contributed by atoms with Crippen LogP contribution in [-0.4, -0.2) is 14.5 Å². The van der Waals surface area contributed by atoms with E-state index >= 15 is 0 Å². The van der Waals surface area contributed by atoms with E-state index in [1.165, 1.54) is 59.8 Å². The molecule has 0 aliphatic carbocycles. The van der Waals surface area contributed by atoms with Crippen LogP contribution >= 0.6 is 0 Å². The summed E-state index contributed by atoms with van der Waals surface area (Å²) in [6.07, 6.45) is 0. The zero-order valence-electron chi connectivity index (χ0n) is 33.2. The first-order valence-electron chi connectivity index (χ1n) is 20.8. The molecule has 0 amide bonds. The maximum atomic E-state index is 5.39.